The Labute approximate surface area is 112 Å². The molecule has 0 spiro atoms. The molecule has 100 valence electrons. The molecular weight excluding hydrogens is 246 g/mol. The van der Waals surface area contributed by atoms with Crippen LogP contribution in [0.2, 0.25) is 0 Å². The third-order valence-corrected chi connectivity index (χ3v) is 5.15. The third kappa shape index (κ3) is 2.85. The van der Waals surface area contributed by atoms with Gasteiger partial charge in [0.15, 0.2) is 5.82 Å². The first-order chi connectivity index (χ1) is 8.86. The quantitative estimate of drug-likeness (QED) is 0.881. The molecule has 0 aliphatic heterocycles. The number of hydrogen-bond acceptors (Lipinski definition) is 5. The summed E-state index contributed by atoms with van der Waals surface area (Å²) in [5.41, 5.74) is 0. The van der Waals surface area contributed by atoms with Gasteiger partial charge >= 0.3 is 0 Å². The van der Waals surface area contributed by atoms with Gasteiger partial charge in [-0.25, -0.2) is 4.68 Å². The highest BCUT2D eigenvalue weighted by Gasteiger charge is 2.26. The standard InChI is InChI=1S/C12H21N5S/c1-18-11-6-4-10(5-7-11)17-12(14-15-16-17)8-13-9-2-3-9/h9-11,13H,2-8H2,1H3. The fourth-order valence-electron chi connectivity index (χ4n) is 2.66. The number of nitrogens with one attached hydrogen (secondary N) is 1. The first kappa shape index (κ1) is 12.4. The van der Waals surface area contributed by atoms with E-state index in [4.69, 9.17) is 0 Å². The topological polar surface area (TPSA) is 55.6 Å². The minimum atomic E-state index is 0.513. The van der Waals surface area contributed by atoms with Crippen LogP contribution in [0.25, 0.3) is 0 Å². The van der Waals surface area contributed by atoms with Crippen molar-refractivity contribution in [3.63, 3.8) is 0 Å². The predicted octanol–water partition coefficient (Wildman–Crippen LogP) is 1.77. The monoisotopic (exact) mass is 267 g/mol. The number of thioether (sulfide) groups is 1. The number of tetrazole rings is 1. The normalized spacial score (nSPS) is 28.5. The van der Waals surface area contributed by atoms with Crippen LogP contribution in [0, 0.1) is 0 Å². The molecule has 1 N–H and O–H groups in total. The summed E-state index contributed by atoms with van der Waals surface area (Å²) in [5, 5.41) is 16.5. The van der Waals surface area contributed by atoms with Gasteiger partial charge in [-0.1, -0.05) is 0 Å². The van der Waals surface area contributed by atoms with Crippen molar-refractivity contribution in [3.8, 4) is 0 Å². The summed E-state index contributed by atoms with van der Waals surface area (Å²) in [7, 11) is 0. The third-order valence-electron chi connectivity index (χ3n) is 4.01. The van der Waals surface area contributed by atoms with E-state index in [1.54, 1.807) is 0 Å². The van der Waals surface area contributed by atoms with E-state index in [0.29, 0.717) is 12.1 Å². The van der Waals surface area contributed by atoms with Crippen molar-refractivity contribution in [2.45, 2.75) is 62.4 Å². The lowest BCUT2D eigenvalue weighted by Gasteiger charge is -2.27. The summed E-state index contributed by atoms with van der Waals surface area (Å²) in [4.78, 5) is 0. The van der Waals surface area contributed by atoms with E-state index in [-0.39, 0.29) is 0 Å². The predicted molar refractivity (Wildman–Crippen MR) is 72.5 cm³/mol. The van der Waals surface area contributed by atoms with E-state index in [1.165, 1.54) is 38.5 Å². The van der Waals surface area contributed by atoms with Gasteiger partial charge in [0.2, 0.25) is 0 Å². The molecule has 2 saturated carbocycles. The maximum absolute atomic E-state index is 4.20. The molecule has 1 aromatic rings. The number of rotatable bonds is 5. The van der Waals surface area contributed by atoms with Crippen molar-refractivity contribution in [2.75, 3.05) is 6.26 Å². The second-order valence-corrected chi connectivity index (χ2v) is 6.50. The van der Waals surface area contributed by atoms with E-state index in [2.05, 4.69) is 31.8 Å². The molecule has 2 aliphatic rings. The van der Waals surface area contributed by atoms with E-state index >= 15 is 0 Å². The van der Waals surface area contributed by atoms with Crippen LogP contribution >= 0.6 is 11.8 Å². The molecule has 6 heteroatoms. The molecule has 0 aromatic carbocycles. The van der Waals surface area contributed by atoms with E-state index < -0.39 is 0 Å². The number of aromatic nitrogens is 4. The van der Waals surface area contributed by atoms with Crippen LogP contribution in [0.1, 0.15) is 50.4 Å². The van der Waals surface area contributed by atoms with Gasteiger partial charge in [-0.05, 0) is 55.2 Å². The Morgan fingerprint density at radius 2 is 2.00 bits per heavy atom. The maximum atomic E-state index is 4.20. The Bertz CT molecular complexity index is 382. The molecule has 0 radical (unpaired) electrons. The van der Waals surface area contributed by atoms with Crippen LogP contribution in [0.15, 0.2) is 0 Å². The highest BCUT2D eigenvalue weighted by atomic mass is 32.2. The summed E-state index contributed by atoms with van der Waals surface area (Å²) in [6.07, 6.45) is 9.84. The fourth-order valence-corrected chi connectivity index (χ4v) is 3.40. The van der Waals surface area contributed by atoms with Gasteiger partial charge in [-0.2, -0.15) is 11.8 Å². The van der Waals surface area contributed by atoms with Crippen LogP contribution in [0.5, 0.6) is 0 Å². The van der Waals surface area contributed by atoms with Crippen molar-refractivity contribution < 1.29 is 0 Å². The largest absolute Gasteiger partial charge is 0.307 e. The van der Waals surface area contributed by atoms with Crippen molar-refractivity contribution in [1.29, 1.82) is 0 Å². The van der Waals surface area contributed by atoms with Crippen molar-refractivity contribution in [3.05, 3.63) is 5.82 Å². The van der Waals surface area contributed by atoms with Gasteiger partial charge in [0.1, 0.15) is 0 Å². The van der Waals surface area contributed by atoms with Crippen LogP contribution in [-0.2, 0) is 6.54 Å². The Morgan fingerprint density at radius 1 is 1.22 bits per heavy atom. The molecule has 2 aliphatic carbocycles. The smallest absolute Gasteiger partial charge is 0.165 e. The zero-order valence-corrected chi connectivity index (χ0v) is 11.7. The van der Waals surface area contributed by atoms with Gasteiger partial charge in [-0.3, -0.25) is 0 Å². The Balaban J connectivity index is 1.59. The van der Waals surface area contributed by atoms with Crippen LogP contribution in [0.3, 0.4) is 0 Å². The Morgan fingerprint density at radius 3 is 2.67 bits per heavy atom. The minimum absolute atomic E-state index is 0.513. The molecular formula is C12H21N5S. The molecule has 0 atom stereocenters. The SMILES string of the molecule is CSC1CCC(n2nnnc2CNC2CC2)CC1. The number of nitrogens with zero attached hydrogens (tertiary/aromatic N) is 4. The summed E-state index contributed by atoms with van der Waals surface area (Å²) >= 11 is 2.00. The van der Waals surface area contributed by atoms with Gasteiger partial charge in [0.25, 0.3) is 0 Å². The van der Waals surface area contributed by atoms with Crippen molar-refractivity contribution in [1.82, 2.24) is 25.5 Å². The lowest BCUT2D eigenvalue weighted by atomic mass is 9.95. The van der Waals surface area contributed by atoms with Gasteiger partial charge in [0.05, 0.1) is 12.6 Å². The Hall–Kier alpha value is -0.620. The van der Waals surface area contributed by atoms with E-state index in [9.17, 15) is 0 Å². The highest BCUT2D eigenvalue weighted by Crippen LogP contribution is 2.33. The highest BCUT2D eigenvalue weighted by molar-refractivity contribution is 7.99. The summed E-state index contributed by atoms with van der Waals surface area (Å²) in [6.45, 7) is 0.820. The molecule has 1 heterocycles. The molecule has 1 aromatic heterocycles. The summed E-state index contributed by atoms with van der Waals surface area (Å²) in [5.74, 6) is 1.01. The van der Waals surface area contributed by atoms with Crippen LogP contribution < -0.4 is 5.32 Å². The second-order valence-electron chi connectivity index (χ2n) is 5.36. The van der Waals surface area contributed by atoms with Gasteiger partial charge < -0.3 is 5.32 Å². The van der Waals surface area contributed by atoms with E-state index in [0.717, 1.165) is 17.6 Å². The van der Waals surface area contributed by atoms with Gasteiger partial charge in [0, 0.05) is 11.3 Å². The lowest BCUT2D eigenvalue weighted by Crippen LogP contribution is -2.25. The molecule has 0 amide bonds. The van der Waals surface area contributed by atoms with Crippen molar-refractivity contribution in [2.24, 2.45) is 0 Å². The number of hydrogen-bond donors (Lipinski definition) is 1. The average molecular weight is 267 g/mol. The zero-order chi connectivity index (χ0) is 12.4. The fraction of sp³-hybridized carbons (Fsp3) is 0.917. The van der Waals surface area contributed by atoms with E-state index in [1.807, 2.05) is 11.8 Å². The molecule has 2 fully saturated rings. The Kier molecular flexibility index (Phi) is 3.84. The summed E-state index contributed by atoms with van der Waals surface area (Å²) in [6, 6.07) is 1.22. The molecule has 3 rings (SSSR count). The summed E-state index contributed by atoms with van der Waals surface area (Å²) < 4.78 is 2.06. The molecule has 5 nitrogen and oxygen atoms in total. The van der Waals surface area contributed by atoms with Gasteiger partial charge in [-0.15, -0.1) is 5.10 Å². The minimum Gasteiger partial charge on any atom is -0.307 e. The van der Waals surface area contributed by atoms with Crippen LogP contribution in [-0.4, -0.2) is 37.8 Å². The molecule has 0 bridgehead atoms. The molecule has 18 heavy (non-hydrogen) atoms. The second kappa shape index (κ2) is 5.57. The van der Waals surface area contributed by atoms with Crippen LogP contribution in [0.4, 0.5) is 0 Å². The molecule has 0 saturated heterocycles. The first-order valence-electron chi connectivity index (χ1n) is 6.89. The lowest BCUT2D eigenvalue weighted by molar-refractivity contribution is 0.319. The average Bonchev–Trinajstić information content (AvgIpc) is 3.14. The first-order valence-corrected chi connectivity index (χ1v) is 8.18. The molecule has 0 unspecified atom stereocenters. The maximum Gasteiger partial charge on any atom is 0.165 e. The zero-order valence-electron chi connectivity index (χ0n) is 10.9. The van der Waals surface area contributed by atoms with Crippen molar-refractivity contribution >= 4 is 11.8 Å².